The Morgan fingerprint density at radius 3 is 2.52 bits per heavy atom. The van der Waals surface area contributed by atoms with Crippen molar-refractivity contribution in [2.75, 3.05) is 0 Å². The second-order valence-corrected chi connectivity index (χ2v) is 7.97. The molecule has 0 aromatic heterocycles. The highest BCUT2D eigenvalue weighted by molar-refractivity contribution is 6.30. The van der Waals surface area contributed by atoms with Crippen LogP contribution < -0.4 is 5.32 Å². The molecule has 2 aliphatic rings. The zero-order valence-electron chi connectivity index (χ0n) is 16.4. The first-order valence-corrected chi connectivity index (χ1v) is 10.3. The Labute approximate surface area is 175 Å². The Kier molecular flexibility index (Phi) is 5.62. The SMILES string of the molecule is Cc1ccc(CNC(=O)ON2C(c3ccc(Cl)cc3)=NOC23CCCCC3)cc1. The van der Waals surface area contributed by atoms with E-state index < -0.39 is 11.8 Å². The van der Waals surface area contributed by atoms with E-state index >= 15 is 0 Å². The van der Waals surface area contributed by atoms with E-state index in [-0.39, 0.29) is 0 Å². The molecule has 1 aliphatic heterocycles. The van der Waals surface area contributed by atoms with Crippen LogP contribution in [0.5, 0.6) is 0 Å². The smallest absolute Gasteiger partial charge is 0.362 e. The van der Waals surface area contributed by atoms with Gasteiger partial charge in [0.15, 0.2) is 0 Å². The Hall–Kier alpha value is -2.73. The topological polar surface area (TPSA) is 63.2 Å². The Balaban J connectivity index is 1.49. The molecule has 7 heteroatoms. The van der Waals surface area contributed by atoms with Crippen molar-refractivity contribution in [3.63, 3.8) is 0 Å². The highest BCUT2D eigenvalue weighted by atomic mass is 35.5. The van der Waals surface area contributed by atoms with Crippen LogP contribution in [0.4, 0.5) is 4.79 Å². The zero-order chi connectivity index (χ0) is 20.3. The number of aryl methyl sites for hydroxylation is 1. The molecule has 0 bridgehead atoms. The van der Waals surface area contributed by atoms with E-state index in [9.17, 15) is 4.79 Å². The number of hydrogen-bond acceptors (Lipinski definition) is 5. The summed E-state index contributed by atoms with van der Waals surface area (Å²) in [7, 11) is 0. The average molecular weight is 414 g/mol. The molecule has 1 spiro atoms. The van der Waals surface area contributed by atoms with Crippen LogP contribution in [0.3, 0.4) is 0 Å². The summed E-state index contributed by atoms with van der Waals surface area (Å²) in [6.45, 7) is 2.41. The number of hydrogen-bond donors (Lipinski definition) is 1. The van der Waals surface area contributed by atoms with Crippen LogP contribution in [0.1, 0.15) is 48.8 Å². The van der Waals surface area contributed by atoms with Gasteiger partial charge in [-0.1, -0.05) is 53.0 Å². The van der Waals surface area contributed by atoms with Crippen LogP contribution in [0.25, 0.3) is 0 Å². The lowest BCUT2D eigenvalue weighted by atomic mass is 9.91. The van der Waals surface area contributed by atoms with E-state index in [4.69, 9.17) is 21.3 Å². The second kappa shape index (κ2) is 8.33. The number of carbonyl (C=O) groups is 1. The van der Waals surface area contributed by atoms with Gasteiger partial charge in [0.05, 0.1) is 0 Å². The van der Waals surface area contributed by atoms with Gasteiger partial charge in [-0.25, -0.2) is 4.79 Å². The first kappa shape index (κ1) is 19.6. The molecule has 1 N–H and O–H groups in total. The fraction of sp³-hybridized carbons (Fsp3) is 0.364. The van der Waals surface area contributed by atoms with Crippen LogP contribution in [0.15, 0.2) is 53.7 Å². The van der Waals surface area contributed by atoms with E-state index in [0.717, 1.165) is 43.2 Å². The minimum atomic E-state index is -0.742. The van der Waals surface area contributed by atoms with E-state index in [1.807, 2.05) is 43.3 Å². The molecular weight excluding hydrogens is 390 g/mol. The third-order valence-corrected chi connectivity index (χ3v) is 5.59. The van der Waals surface area contributed by atoms with Crippen LogP contribution in [-0.2, 0) is 16.2 Å². The number of nitrogens with one attached hydrogen (secondary N) is 1. The largest absolute Gasteiger partial charge is 0.432 e. The van der Waals surface area contributed by atoms with Gasteiger partial charge in [-0.15, -0.1) is 5.06 Å². The second-order valence-electron chi connectivity index (χ2n) is 7.53. The normalized spacial score (nSPS) is 17.6. The predicted molar refractivity (Wildman–Crippen MR) is 111 cm³/mol. The number of nitrogens with zero attached hydrogens (tertiary/aromatic N) is 2. The van der Waals surface area contributed by atoms with E-state index in [0.29, 0.717) is 17.4 Å². The fourth-order valence-corrected chi connectivity index (χ4v) is 3.81. The van der Waals surface area contributed by atoms with Crippen molar-refractivity contribution in [3.8, 4) is 0 Å². The van der Waals surface area contributed by atoms with Crippen molar-refractivity contribution in [1.82, 2.24) is 10.4 Å². The molecule has 1 heterocycles. The Morgan fingerprint density at radius 2 is 1.83 bits per heavy atom. The van der Waals surface area contributed by atoms with Gasteiger partial charge in [0.1, 0.15) is 0 Å². The summed E-state index contributed by atoms with van der Waals surface area (Å²) in [6, 6.07) is 15.2. The van der Waals surface area contributed by atoms with Gasteiger partial charge < -0.3 is 15.0 Å². The number of amidine groups is 1. The molecule has 29 heavy (non-hydrogen) atoms. The summed E-state index contributed by atoms with van der Waals surface area (Å²) in [5, 5.41) is 9.25. The van der Waals surface area contributed by atoms with Gasteiger partial charge in [-0.2, -0.15) is 0 Å². The third kappa shape index (κ3) is 4.32. The van der Waals surface area contributed by atoms with Crippen LogP contribution in [0.2, 0.25) is 5.02 Å². The van der Waals surface area contributed by atoms with Crippen LogP contribution in [0, 0.1) is 6.92 Å². The average Bonchev–Trinajstić information content (AvgIpc) is 3.06. The Bertz CT molecular complexity index is 891. The molecule has 0 unspecified atom stereocenters. The summed E-state index contributed by atoms with van der Waals surface area (Å²) in [5.41, 5.74) is 2.22. The van der Waals surface area contributed by atoms with Crippen LogP contribution in [-0.4, -0.2) is 22.7 Å². The quantitative estimate of drug-likeness (QED) is 0.753. The maximum atomic E-state index is 12.6. The lowest BCUT2D eigenvalue weighted by Gasteiger charge is -2.37. The van der Waals surface area contributed by atoms with E-state index in [2.05, 4.69) is 10.5 Å². The molecule has 2 aromatic rings. The summed E-state index contributed by atoms with van der Waals surface area (Å²) in [4.78, 5) is 24.2. The maximum Gasteiger partial charge on any atom is 0.432 e. The first-order valence-electron chi connectivity index (χ1n) is 9.89. The molecule has 0 atom stereocenters. The highest BCUT2D eigenvalue weighted by Gasteiger charge is 2.50. The van der Waals surface area contributed by atoms with E-state index in [1.165, 1.54) is 5.56 Å². The molecule has 1 saturated carbocycles. The molecule has 1 fully saturated rings. The van der Waals surface area contributed by atoms with Crippen molar-refractivity contribution in [2.24, 2.45) is 5.16 Å². The first-order chi connectivity index (χ1) is 14.1. The lowest BCUT2D eigenvalue weighted by molar-refractivity contribution is -0.226. The summed E-state index contributed by atoms with van der Waals surface area (Å²) in [5.74, 6) is 0.481. The fourth-order valence-electron chi connectivity index (χ4n) is 3.68. The Morgan fingerprint density at radius 1 is 1.14 bits per heavy atom. The van der Waals surface area contributed by atoms with Gasteiger partial charge in [0, 0.05) is 30.0 Å². The molecule has 1 amide bonds. The highest BCUT2D eigenvalue weighted by Crippen LogP contribution is 2.40. The predicted octanol–water partition coefficient (Wildman–Crippen LogP) is 5.14. The molecule has 6 nitrogen and oxygen atoms in total. The molecule has 1 aliphatic carbocycles. The van der Waals surface area contributed by atoms with Crippen molar-refractivity contribution in [2.45, 2.75) is 51.3 Å². The van der Waals surface area contributed by atoms with Crippen LogP contribution >= 0.6 is 11.6 Å². The maximum absolute atomic E-state index is 12.6. The van der Waals surface area contributed by atoms with Crippen molar-refractivity contribution in [3.05, 3.63) is 70.2 Å². The molecule has 4 rings (SSSR count). The number of rotatable bonds is 4. The van der Waals surface area contributed by atoms with Gasteiger partial charge in [0.2, 0.25) is 11.6 Å². The summed E-state index contributed by atoms with van der Waals surface area (Å²) in [6.07, 6.45) is 4.08. The minimum absolute atomic E-state index is 0.383. The number of amides is 1. The number of benzene rings is 2. The number of oxime groups is 1. The number of halogens is 1. The number of hydroxylamine groups is 2. The van der Waals surface area contributed by atoms with Crippen molar-refractivity contribution < 1.29 is 14.5 Å². The van der Waals surface area contributed by atoms with Crippen molar-refractivity contribution in [1.29, 1.82) is 0 Å². The lowest BCUT2D eigenvalue weighted by Crippen LogP contribution is -2.52. The van der Waals surface area contributed by atoms with Gasteiger partial charge >= 0.3 is 6.09 Å². The molecule has 0 saturated heterocycles. The summed E-state index contributed by atoms with van der Waals surface area (Å²) >= 11 is 6.01. The van der Waals surface area contributed by atoms with Gasteiger partial charge in [0.25, 0.3) is 0 Å². The van der Waals surface area contributed by atoms with Crippen molar-refractivity contribution >= 4 is 23.5 Å². The molecule has 0 radical (unpaired) electrons. The van der Waals surface area contributed by atoms with Gasteiger partial charge in [-0.3, -0.25) is 0 Å². The minimum Gasteiger partial charge on any atom is -0.362 e. The number of carbonyl (C=O) groups excluding carboxylic acids is 1. The third-order valence-electron chi connectivity index (χ3n) is 5.33. The monoisotopic (exact) mass is 413 g/mol. The van der Waals surface area contributed by atoms with Gasteiger partial charge in [-0.05, 0) is 49.6 Å². The summed E-state index contributed by atoms with van der Waals surface area (Å²) < 4.78 is 0. The standard InChI is InChI=1S/C22H24ClN3O3/c1-16-5-7-17(8-6-16)15-24-21(27)28-26-20(18-9-11-19(23)12-10-18)25-29-22(26)13-3-2-4-14-22/h5-12H,2-4,13-15H2,1H3,(H,24,27). The molecule has 152 valence electrons. The molecule has 2 aromatic carbocycles. The molecular formula is C22H24ClN3O3. The van der Waals surface area contributed by atoms with E-state index in [1.54, 1.807) is 17.2 Å². The zero-order valence-corrected chi connectivity index (χ0v) is 17.1.